The van der Waals surface area contributed by atoms with E-state index in [-0.39, 0.29) is 30.4 Å². The molecule has 2 aromatic rings. The third-order valence-electron chi connectivity index (χ3n) is 3.64. The highest BCUT2D eigenvalue weighted by molar-refractivity contribution is 8.00. The first-order valence-electron chi connectivity index (χ1n) is 7.69. The van der Waals surface area contributed by atoms with Crippen LogP contribution in [0.25, 0.3) is 0 Å². The maximum absolute atomic E-state index is 12.9. The third kappa shape index (κ3) is 3.67. The number of carbonyl (C=O) groups excluding carboxylic acids is 2. The molecular formula is C17H15FN4O3S. The van der Waals surface area contributed by atoms with Crippen LogP contribution < -0.4 is 15.8 Å². The van der Waals surface area contributed by atoms with Crippen molar-refractivity contribution in [3.63, 3.8) is 0 Å². The summed E-state index contributed by atoms with van der Waals surface area (Å²) in [5.74, 6) is -0.888. The van der Waals surface area contributed by atoms with E-state index in [2.05, 4.69) is 17.0 Å². The molecule has 2 amide bonds. The van der Waals surface area contributed by atoms with Crippen LogP contribution in [0.3, 0.4) is 0 Å². The smallest absolute Gasteiger partial charge is 0.292 e. The Hall–Kier alpha value is -2.94. The zero-order valence-corrected chi connectivity index (χ0v) is 14.5. The second kappa shape index (κ2) is 7.52. The number of halogens is 1. The Morgan fingerprint density at radius 3 is 2.77 bits per heavy atom. The van der Waals surface area contributed by atoms with Gasteiger partial charge >= 0.3 is 0 Å². The monoisotopic (exact) mass is 374 g/mol. The number of carbonyl (C=O) groups is 2. The molecule has 0 fully saturated rings. The molecule has 1 aromatic heterocycles. The Bertz CT molecular complexity index is 927. The van der Waals surface area contributed by atoms with Crippen molar-refractivity contribution in [3.8, 4) is 0 Å². The van der Waals surface area contributed by atoms with Gasteiger partial charge in [-0.1, -0.05) is 6.08 Å². The molecule has 0 saturated heterocycles. The SMILES string of the molecule is C=CCN1C(=O)CSc2cnn(CC(=O)Nc3ccc(F)cc3)c(=O)c21. The van der Waals surface area contributed by atoms with Crippen molar-refractivity contribution < 1.29 is 14.0 Å². The molecule has 1 aliphatic rings. The molecular weight excluding hydrogens is 359 g/mol. The molecule has 0 unspecified atom stereocenters. The number of rotatable bonds is 5. The molecule has 1 N–H and O–H groups in total. The van der Waals surface area contributed by atoms with Crippen LogP contribution in [0.4, 0.5) is 15.8 Å². The Morgan fingerprint density at radius 2 is 2.08 bits per heavy atom. The minimum atomic E-state index is -0.529. The summed E-state index contributed by atoms with van der Waals surface area (Å²) in [6.45, 7) is 3.47. The summed E-state index contributed by atoms with van der Waals surface area (Å²) in [7, 11) is 0. The molecule has 1 aromatic carbocycles. The minimum absolute atomic E-state index is 0.201. The highest BCUT2D eigenvalue weighted by Crippen LogP contribution is 2.31. The van der Waals surface area contributed by atoms with Crippen molar-refractivity contribution >= 4 is 35.0 Å². The van der Waals surface area contributed by atoms with E-state index in [4.69, 9.17) is 0 Å². The lowest BCUT2D eigenvalue weighted by Crippen LogP contribution is -2.42. The molecule has 3 rings (SSSR count). The van der Waals surface area contributed by atoms with Crippen LogP contribution >= 0.6 is 11.8 Å². The number of thioether (sulfide) groups is 1. The lowest BCUT2D eigenvalue weighted by atomic mass is 10.3. The van der Waals surface area contributed by atoms with E-state index in [1.54, 1.807) is 0 Å². The Morgan fingerprint density at radius 1 is 1.35 bits per heavy atom. The lowest BCUT2D eigenvalue weighted by Gasteiger charge is -2.27. The van der Waals surface area contributed by atoms with E-state index in [0.717, 1.165) is 4.68 Å². The largest absolute Gasteiger partial charge is 0.324 e. The van der Waals surface area contributed by atoms with Crippen molar-refractivity contribution in [1.82, 2.24) is 9.78 Å². The van der Waals surface area contributed by atoms with Crippen molar-refractivity contribution in [2.75, 3.05) is 22.5 Å². The van der Waals surface area contributed by atoms with Crippen molar-refractivity contribution in [2.45, 2.75) is 11.4 Å². The fourth-order valence-corrected chi connectivity index (χ4v) is 3.35. The van der Waals surface area contributed by atoms with Crippen molar-refractivity contribution in [2.24, 2.45) is 0 Å². The van der Waals surface area contributed by atoms with Gasteiger partial charge in [0.15, 0.2) is 0 Å². The van der Waals surface area contributed by atoms with Crippen LogP contribution in [0.2, 0.25) is 0 Å². The van der Waals surface area contributed by atoms with E-state index >= 15 is 0 Å². The third-order valence-corrected chi connectivity index (χ3v) is 4.64. The van der Waals surface area contributed by atoms with Gasteiger partial charge in [0.1, 0.15) is 18.0 Å². The van der Waals surface area contributed by atoms with Gasteiger partial charge in [0.05, 0.1) is 16.8 Å². The summed E-state index contributed by atoms with van der Waals surface area (Å²) < 4.78 is 13.9. The zero-order chi connectivity index (χ0) is 18.7. The standard InChI is InChI=1S/C17H15FN4O3S/c1-2-7-21-15(24)10-26-13-8-19-22(17(25)16(13)21)9-14(23)20-12-5-3-11(18)4-6-12/h2-6,8H,1,7,9-10H2,(H,20,23). The molecule has 0 atom stereocenters. The summed E-state index contributed by atoms with van der Waals surface area (Å²) in [4.78, 5) is 38.9. The molecule has 7 nitrogen and oxygen atoms in total. The van der Waals surface area contributed by atoms with Crippen LogP contribution in [0.5, 0.6) is 0 Å². The molecule has 26 heavy (non-hydrogen) atoms. The van der Waals surface area contributed by atoms with Crippen LogP contribution in [0.15, 0.2) is 52.8 Å². The molecule has 0 radical (unpaired) electrons. The Labute approximate surface area is 152 Å². The van der Waals surface area contributed by atoms with Crippen molar-refractivity contribution in [3.05, 3.63) is 59.3 Å². The quantitative estimate of drug-likeness (QED) is 0.805. The number of nitrogens with zero attached hydrogens (tertiary/aromatic N) is 3. The van der Waals surface area contributed by atoms with Gasteiger partial charge in [-0.15, -0.1) is 18.3 Å². The van der Waals surface area contributed by atoms with Crippen LogP contribution in [-0.2, 0) is 16.1 Å². The molecule has 1 aliphatic heterocycles. The number of anilines is 2. The molecule has 0 aliphatic carbocycles. The normalized spacial score (nSPS) is 13.3. The predicted octanol–water partition coefficient (Wildman–Crippen LogP) is 1.65. The van der Waals surface area contributed by atoms with Crippen LogP contribution in [-0.4, -0.2) is 33.9 Å². The molecule has 134 valence electrons. The lowest BCUT2D eigenvalue weighted by molar-refractivity contribution is -0.117. The van der Waals surface area contributed by atoms with Gasteiger partial charge in [0.25, 0.3) is 5.56 Å². The first kappa shape index (κ1) is 17.9. The second-order valence-corrected chi connectivity index (χ2v) is 6.47. The summed E-state index contributed by atoms with van der Waals surface area (Å²) >= 11 is 1.23. The summed E-state index contributed by atoms with van der Waals surface area (Å²) in [5.41, 5.74) is 0.0799. The maximum atomic E-state index is 12.9. The van der Waals surface area contributed by atoms with E-state index < -0.39 is 17.3 Å². The average Bonchev–Trinajstić information content (AvgIpc) is 2.62. The molecule has 0 saturated carbocycles. The first-order valence-corrected chi connectivity index (χ1v) is 8.67. The van der Waals surface area contributed by atoms with Gasteiger partial charge in [-0.2, -0.15) is 5.10 Å². The first-order chi connectivity index (χ1) is 12.5. The van der Waals surface area contributed by atoms with E-state index in [1.807, 2.05) is 0 Å². The van der Waals surface area contributed by atoms with Gasteiger partial charge in [-0.3, -0.25) is 14.4 Å². The number of amides is 2. The summed E-state index contributed by atoms with van der Waals surface area (Å²) in [6, 6.07) is 5.26. The zero-order valence-electron chi connectivity index (χ0n) is 13.6. The highest BCUT2D eigenvalue weighted by atomic mass is 32.2. The summed E-state index contributed by atoms with van der Waals surface area (Å²) in [6.07, 6.45) is 3.00. The van der Waals surface area contributed by atoms with Crippen LogP contribution in [0.1, 0.15) is 0 Å². The number of benzene rings is 1. The fraction of sp³-hybridized carbons (Fsp3) is 0.176. The van der Waals surface area contributed by atoms with Gasteiger partial charge in [0.2, 0.25) is 11.8 Å². The van der Waals surface area contributed by atoms with Gasteiger partial charge in [-0.25, -0.2) is 9.07 Å². The van der Waals surface area contributed by atoms with E-state index in [0.29, 0.717) is 10.6 Å². The minimum Gasteiger partial charge on any atom is -0.324 e. The Balaban J connectivity index is 1.84. The molecule has 9 heteroatoms. The number of aromatic nitrogens is 2. The second-order valence-electron chi connectivity index (χ2n) is 5.46. The van der Waals surface area contributed by atoms with Gasteiger partial charge in [-0.05, 0) is 24.3 Å². The van der Waals surface area contributed by atoms with E-state index in [9.17, 15) is 18.8 Å². The average molecular weight is 374 g/mol. The fourth-order valence-electron chi connectivity index (χ4n) is 2.46. The Kier molecular flexibility index (Phi) is 5.17. The highest BCUT2D eigenvalue weighted by Gasteiger charge is 2.28. The number of nitrogens with one attached hydrogen (secondary N) is 1. The van der Waals surface area contributed by atoms with Crippen molar-refractivity contribution in [1.29, 1.82) is 0 Å². The van der Waals surface area contributed by atoms with Gasteiger partial charge in [0, 0.05) is 12.2 Å². The van der Waals surface area contributed by atoms with Crippen LogP contribution in [0, 0.1) is 5.82 Å². The number of hydrogen-bond donors (Lipinski definition) is 1. The van der Waals surface area contributed by atoms with E-state index in [1.165, 1.54) is 53.2 Å². The maximum Gasteiger partial charge on any atom is 0.292 e. The molecule has 0 bridgehead atoms. The van der Waals surface area contributed by atoms with Gasteiger partial charge < -0.3 is 10.2 Å². The summed E-state index contributed by atoms with van der Waals surface area (Å²) in [5, 5.41) is 6.57. The molecule has 0 spiro atoms. The topological polar surface area (TPSA) is 84.3 Å². The predicted molar refractivity (Wildman–Crippen MR) is 96.8 cm³/mol. The number of fused-ring (bicyclic) bond motifs is 1. The number of hydrogen-bond acceptors (Lipinski definition) is 5. The molecule has 2 heterocycles.